The van der Waals surface area contributed by atoms with Gasteiger partial charge in [0.1, 0.15) is 11.6 Å². The zero-order valence-electron chi connectivity index (χ0n) is 14.5. The van der Waals surface area contributed by atoms with Gasteiger partial charge in [0.05, 0.1) is 0 Å². The number of anilines is 1. The van der Waals surface area contributed by atoms with Crippen LogP contribution in [0.5, 0.6) is 5.75 Å². The SMILES string of the molecule is Cc1cc(N(C)Cc2cccc(OC(F)(F)F)c2)n2nc(C(F)(F)F)nc2n1. The number of rotatable bonds is 4. The summed E-state index contributed by atoms with van der Waals surface area (Å²) in [6.07, 6.45) is -9.56. The van der Waals surface area contributed by atoms with Crippen LogP contribution in [0.25, 0.3) is 5.78 Å². The first-order valence-corrected chi connectivity index (χ1v) is 7.80. The third kappa shape index (κ3) is 4.43. The molecule has 0 N–H and O–H groups in total. The molecule has 0 spiro atoms. The molecule has 0 aliphatic heterocycles. The number of fused-ring (bicyclic) bond motifs is 1. The molecule has 0 fully saturated rings. The van der Waals surface area contributed by atoms with Crippen molar-refractivity contribution < 1.29 is 31.1 Å². The standard InChI is InChI=1S/C16H13F6N5O/c1-9-6-12(27-14(23-9)24-13(25-27)15(17,18)19)26(2)8-10-4-3-5-11(7-10)28-16(20,21)22/h3-7H,8H2,1-2H3. The number of aryl methyl sites for hydroxylation is 1. The van der Waals surface area contributed by atoms with Gasteiger partial charge in [-0.15, -0.1) is 18.3 Å². The van der Waals surface area contributed by atoms with Crippen LogP contribution in [0.2, 0.25) is 0 Å². The van der Waals surface area contributed by atoms with Crippen molar-refractivity contribution in [2.24, 2.45) is 0 Å². The van der Waals surface area contributed by atoms with Crippen LogP contribution in [0.1, 0.15) is 17.1 Å². The van der Waals surface area contributed by atoms with Gasteiger partial charge in [0.2, 0.25) is 0 Å². The largest absolute Gasteiger partial charge is 0.573 e. The number of ether oxygens (including phenoxy) is 1. The maximum atomic E-state index is 12.9. The zero-order chi connectivity index (χ0) is 20.7. The normalized spacial score (nSPS) is 12.4. The lowest BCUT2D eigenvalue weighted by atomic mass is 10.2. The lowest BCUT2D eigenvalue weighted by Crippen LogP contribution is -2.21. The molecular formula is C16H13F6N5O. The van der Waals surface area contributed by atoms with E-state index in [4.69, 9.17) is 0 Å². The maximum Gasteiger partial charge on any atom is 0.573 e. The molecule has 0 unspecified atom stereocenters. The molecule has 0 radical (unpaired) electrons. The van der Waals surface area contributed by atoms with Crippen molar-refractivity contribution in [2.75, 3.05) is 11.9 Å². The van der Waals surface area contributed by atoms with Crippen LogP contribution >= 0.6 is 0 Å². The van der Waals surface area contributed by atoms with Gasteiger partial charge in [-0.05, 0) is 24.6 Å². The Morgan fingerprint density at radius 3 is 2.43 bits per heavy atom. The summed E-state index contributed by atoms with van der Waals surface area (Å²) in [5.74, 6) is -1.72. The molecule has 6 nitrogen and oxygen atoms in total. The van der Waals surface area contributed by atoms with Gasteiger partial charge in [-0.3, -0.25) is 0 Å². The van der Waals surface area contributed by atoms with Crippen LogP contribution in [0, 0.1) is 6.92 Å². The fraction of sp³-hybridized carbons (Fsp3) is 0.312. The molecule has 2 aromatic heterocycles. The number of halogens is 6. The van der Waals surface area contributed by atoms with Crippen molar-refractivity contribution in [3.8, 4) is 5.75 Å². The Morgan fingerprint density at radius 1 is 1.07 bits per heavy atom. The Kier molecular flexibility index (Phi) is 4.81. The van der Waals surface area contributed by atoms with E-state index in [9.17, 15) is 26.3 Å². The van der Waals surface area contributed by atoms with E-state index in [1.165, 1.54) is 23.1 Å². The average Bonchev–Trinajstić information content (AvgIpc) is 2.96. The molecule has 3 rings (SSSR count). The number of benzene rings is 1. The second kappa shape index (κ2) is 6.84. The predicted octanol–water partition coefficient (Wildman–Crippen LogP) is 3.99. The van der Waals surface area contributed by atoms with Gasteiger partial charge in [-0.1, -0.05) is 12.1 Å². The van der Waals surface area contributed by atoms with E-state index < -0.39 is 24.1 Å². The van der Waals surface area contributed by atoms with E-state index in [1.807, 2.05) is 0 Å². The highest BCUT2D eigenvalue weighted by molar-refractivity contribution is 5.48. The Labute approximate surface area is 154 Å². The summed E-state index contributed by atoms with van der Waals surface area (Å²) in [6, 6.07) is 6.79. The van der Waals surface area contributed by atoms with Gasteiger partial charge < -0.3 is 9.64 Å². The van der Waals surface area contributed by atoms with Crippen LogP contribution < -0.4 is 9.64 Å². The number of hydrogen-bond donors (Lipinski definition) is 0. The lowest BCUT2D eigenvalue weighted by molar-refractivity contribution is -0.274. The van der Waals surface area contributed by atoms with E-state index in [0.717, 1.165) is 10.6 Å². The van der Waals surface area contributed by atoms with Gasteiger partial charge in [0, 0.05) is 25.4 Å². The minimum atomic E-state index is -4.83. The molecule has 0 aliphatic carbocycles. The van der Waals surface area contributed by atoms with E-state index in [1.54, 1.807) is 20.0 Å². The first-order chi connectivity index (χ1) is 12.9. The van der Waals surface area contributed by atoms with Crippen molar-refractivity contribution >= 4 is 11.6 Å². The molecule has 0 aliphatic rings. The summed E-state index contributed by atoms with van der Waals surface area (Å²) in [7, 11) is 1.56. The molecule has 0 saturated carbocycles. The molecule has 2 heterocycles. The monoisotopic (exact) mass is 405 g/mol. The van der Waals surface area contributed by atoms with Gasteiger partial charge in [-0.25, -0.2) is 4.98 Å². The van der Waals surface area contributed by atoms with Crippen LogP contribution in [-0.4, -0.2) is 33.0 Å². The molecule has 0 saturated heterocycles. The van der Waals surface area contributed by atoms with Crippen molar-refractivity contribution in [3.05, 3.63) is 47.4 Å². The van der Waals surface area contributed by atoms with Crippen molar-refractivity contribution in [2.45, 2.75) is 26.0 Å². The topological polar surface area (TPSA) is 55.6 Å². The second-order valence-electron chi connectivity index (χ2n) is 5.95. The minimum Gasteiger partial charge on any atom is -0.406 e. The molecule has 0 bridgehead atoms. The van der Waals surface area contributed by atoms with Gasteiger partial charge >= 0.3 is 12.5 Å². The molecule has 150 valence electrons. The summed E-state index contributed by atoms with van der Waals surface area (Å²) in [5.41, 5.74) is 0.854. The molecule has 3 aromatic rings. The molecular weight excluding hydrogens is 392 g/mol. The highest BCUT2D eigenvalue weighted by atomic mass is 19.4. The lowest BCUT2D eigenvalue weighted by Gasteiger charge is -2.20. The molecule has 28 heavy (non-hydrogen) atoms. The Bertz CT molecular complexity index is 997. The van der Waals surface area contributed by atoms with Gasteiger partial charge in [-0.2, -0.15) is 22.7 Å². The number of hydrogen-bond acceptors (Lipinski definition) is 5. The van der Waals surface area contributed by atoms with Crippen LogP contribution in [0.15, 0.2) is 30.3 Å². The smallest absolute Gasteiger partial charge is 0.406 e. The third-order valence-corrected chi connectivity index (χ3v) is 3.62. The Balaban J connectivity index is 1.92. The fourth-order valence-electron chi connectivity index (χ4n) is 2.56. The summed E-state index contributed by atoms with van der Waals surface area (Å²) in [4.78, 5) is 8.84. The van der Waals surface area contributed by atoms with Crippen molar-refractivity contribution in [1.29, 1.82) is 0 Å². The average molecular weight is 405 g/mol. The van der Waals surface area contributed by atoms with E-state index in [-0.39, 0.29) is 18.1 Å². The van der Waals surface area contributed by atoms with E-state index in [2.05, 4.69) is 19.8 Å². The summed E-state index contributed by atoms with van der Waals surface area (Å²) >= 11 is 0. The van der Waals surface area contributed by atoms with Crippen molar-refractivity contribution in [3.63, 3.8) is 0 Å². The fourth-order valence-corrected chi connectivity index (χ4v) is 2.56. The highest BCUT2D eigenvalue weighted by Gasteiger charge is 2.37. The number of nitrogens with zero attached hydrogens (tertiary/aromatic N) is 5. The first-order valence-electron chi connectivity index (χ1n) is 7.80. The van der Waals surface area contributed by atoms with E-state index in [0.29, 0.717) is 11.3 Å². The minimum absolute atomic E-state index is 0.0782. The van der Waals surface area contributed by atoms with E-state index >= 15 is 0 Å². The van der Waals surface area contributed by atoms with Gasteiger partial charge in [0.15, 0.2) is 0 Å². The molecule has 1 aromatic carbocycles. The first kappa shape index (κ1) is 19.7. The summed E-state index contributed by atoms with van der Waals surface area (Å²) < 4.78 is 80.6. The van der Waals surface area contributed by atoms with Crippen molar-refractivity contribution in [1.82, 2.24) is 19.6 Å². The third-order valence-electron chi connectivity index (χ3n) is 3.62. The predicted molar refractivity (Wildman–Crippen MR) is 85.8 cm³/mol. The Morgan fingerprint density at radius 2 is 1.79 bits per heavy atom. The second-order valence-corrected chi connectivity index (χ2v) is 5.95. The zero-order valence-corrected chi connectivity index (χ0v) is 14.5. The Hall–Kier alpha value is -3.05. The summed E-state index contributed by atoms with van der Waals surface area (Å²) in [6.45, 7) is 1.66. The molecule has 0 atom stereocenters. The quantitative estimate of drug-likeness (QED) is 0.615. The number of alkyl halides is 6. The highest BCUT2D eigenvalue weighted by Crippen LogP contribution is 2.28. The van der Waals surface area contributed by atoms with Crippen LogP contribution in [0.3, 0.4) is 0 Å². The van der Waals surface area contributed by atoms with Crippen LogP contribution in [-0.2, 0) is 12.7 Å². The maximum absolute atomic E-state index is 12.9. The van der Waals surface area contributed by atoms with Crippen LogP contribution in [0.4, 0.5) is 32.2 Å². The molecule has 0 amide bonds. The van der Waals surface area contributed by atoms with Gasteiger partial charge in [0.25, 0.3) is 11.6 Å². The number of aromatic nitrogens is 4. The summed E-state index contributed by atoms with van der Waals surface area (Å²) in [5, 5.41) is 3.46. The molecule has 12 heteroatoms.